The van der Waals surface area contributed by atoms with Crippen LogP contribution >= 0.6 is 11.6 Å². The molecular weight excluding hydrogens is 218 g/mol. The van der Waals surface area contributed by atoms with Crippen LogP contribution in [0.3, 0.4) is 0 Å². The SMILES string of the molecule is O=C1CC(=O)N(c2cccc(Cl)c2O)C1. The van der Waals surface area contributed by atoms with Gasteiger partial charge in [-0.15, -0.1) is 0 Å². The average Bonchev–Trinajstić information content (AvgIpc) is 2.50. The van der Waals surface area contributed by atoms with Crippen LogP contribution in [-0.2, 0) is 9.59 Å². The van der Waals surface area contributed by atoms with Crippen molar-refractivity contribution in [2.75, 3.05) is 11.4 Å². The number of anilines is 1. The van der Waals surface area contributed by atoms with Crippen molar-refractivity contribution in [3.8, 4) is 5.75 Å². The third-order valence-corrected chi connectivity index (χ3v) is 2.55. The number of hydrogen-bond donors (Lipinski definition) is 1. The number of ketones is 1. The molecule has 0 atom stereocenters. The first kappa shape index (κ1) is 9.98. The summed E-state index contributed by atoms with van der Waals surface area (Å²) in [5, 5.41) is 9.79. The van der Waals surface area contributed by atoms with Crippen LogP contribution < -0.4 is 4.90 Å². The van der Waals surface area contributed by atoms with Gasteiger partial charge >= 0.3 is 0 Å². The van der Waals surface area contributed by atoms with Gasteiger partial charge in [0.2, 0.25) is 5.91 Å². The molecule has 1 aromatic rings. The highest BCUT2D eigenvalue weighted by Gasteiger charge is 2.30. The summed E-state index contributed by atoms with van der Waals surface area (Å²) in [4.78, 5) is 23.7. The van der Waals surface area contributed by atoms with Crippen molar-refractivity contribution in [2.45, 2.75) is 6.42 Å². The van der Waals surface area contributed by atoms with Crippen molar-refractivity contribution >= 4 is 29.0 Å². The number of nitrogens with zero attached hydrogens (tertiary/aromatic N) is 1. The fourth-order valence-corrected chi connectivity index (χ4v) is 1.70. The molecule has 0 unspecified atom stereocenters. The van der Waals surface area contributed by atoms with E-state index in [0.717, 1.165) is 0 Å². The maximum Gasteiger partial charge on any atom is 0.235 e. The second-order valence-electron chi connectivity index (χ2n) is 3.30. The van der Waals surface area contributed by atoms with E-state index in [9.17, 15) is 14.7 Å². The maximum absolute atomic E-state index is 11.4. The molecule has 0 aromatic heterocycles. The second kappa shape index (κ2) is 3.55. The monoisotopic (exact) mass is 225 g/mol. The Morgan fingerprint density at radius 3 is 2.67 bits per heavy atom. The van der Waals surface area contributed by atoms with Crippen LogP contribution in [0.2, 0.25) is 5.02 Å². The van der Waals surface area contributed by atoms with Crippen LogP contribution in [0.4, 0.5) is 5.69 Å². The summed E-state index contributed by atoms with van der Waals surface area (Å²) in [6, 6.07) is 4.69. The van der Waals surface area contributed by atoms with Crippen molar-refractivity contribution in [3.63, 3.8) is 0 Å². The Kier molecular flexibility index (Phi) is 2.36. The van der Waals surface area contributed by atoms with Crippen LogP contribution in [0, 0.1) is 0 Å². The molecule has 2 rings (SSSR count). The molecule has 0 aliphatic carbocycles. The molecule has 15 heavy (non-hydrogen) atoms. The number of rotatable bonds is 1. The molecule has 1 aliphatic heterocycles. The lowest BCUT2D eigenvalue weighted by molar-refractivity contribution is -0.121. The number of hydrogen-bond acceptors (Lipinski definition) is 3. The van der Waals surface area contributed by atoms with E-state index in [2.05, 4.69) is 0 Å². The van der Waals surface area contributed by atoms with Crippen molar-refractivity contribution < 1.29 is 14.7 Å². The topological polar surface area (TPSA) is 57.6 Å². The molecule has 0 saturated carbocycles. The Bertz CT molecular complexity index is 444. The van der Waals surface area contributed by atoms with Gasteiger partial charge in [-0.25, -0.2) is 0 Å². The number of benzene rings is 1. The minimum absolute atomic E-state index is 0.00668. The predicted molar refractivity (Wildman–Crippen MR) is 55.1 cm³/mol. The van der Waals surface area contributed by atoms with Gasteiger partial charge in [0.25, 0.3) is 0 Å². The van der Waals surface area contributed by atoms with Crippen molar-refractivity contribution in [3.05, 3.63) is 23.2 Å². The number of amides is 1. The normalized spacial score (nSPS) is 16.2. The highest BCUT2D eigenvalue weighted by atomic mass is 35.5. The summed E-state index contributed by atoms with van der Waals surface area (Å²) < 4.78 is 0. The molecule has 0 bridgehead atoms. The lowest BCUT2D eigenvalue weighted by Gasteiger charge is -2.16. The summed E-state index contributed by atoms with van der Waals surface area (Å²) in [6.07, 6.45) is -0.105. The highest BCUT2D eigenvalue weighted by molar-refractivity contribution is 6.32. The predicted octanol–water partition coefficient (Wildman–Crippen LogP) is 1.35. The van der Waals surface area contributed by atoms with Gasteiger partial charge in [0, 0.05) is 0 Å². The minimum atomic E-state index is -0.308. The number of para-hydroxylation sites is 1. The molecule has 1 N–H and O–H groups in total. The Balaban J connectivity index is 2.42. The third-order valence-electron chi connectivity index (χ3n) is 2.24. The maximum atomic E-state index is 11.4. The van der Waals surface area contributed by atoms with E-state index in [1.54, 1.807) is 12.1 Å². The van der Waals surface area contributed by atoms with Crippen LogP contribution in [-0.4, -0.2) is 23.3 Å². The summed E-state index contributed by atoms with van der Waals surface area (Å²) in [7, 11) is 0. The molecular formula is C10H8ClNO3. The van der Waals surface area contributed by atoms with Gasteiger partial charge in [0.15, 0.2) is 11.5 Å². The minimum Gasteiger partial charge on any atom is -0.504 e. The quantitative estimate of drug-likeness (QED) is 0.734. The third kappa shape index (κ3) is 1.68. The van der Waals surface area contributed by atoms with E-state index < -0.39 is 0 Å². The molecule has 1 fully saturated rings. The van der Waals surface area contributed by atoms with Gasteiger partial charge in [-0.3, -0.25) is 9.59 Å². The summed E-state index contributed by atoms with van der Waals surface area (Å²) >= 11 is 5.70. The summed E-state index contributed by atoms with van der Waals surface area (Å²) in [5.74, 6) is -0.626. The zero-order valence-electron chi connectivity index (χ0n) is 7.74. The van der Waals surface area contributed by atoms with Crippen LogP contribution in [0.1, 0.15) is 6.42 Å². The summed E-state index contributed by atoms with van der Waals surface area (Å²) in [5.41, 5.74) is 0.290. The zero-order chi connectivity index (χ0) is 11.0. The Morgan fingerprint density at radius 1 is 1.33 bits per heavy atom. The van der Waals surface area contributed by atoms with Crippen LogP contribution in [0.15, 0.2) is 18.2 Å². The molecule has 0 radical (unpaired) electrons. The number of carbonyl (C=O) groups is 2. The van der Waals surface area contributed by atoms with Crippen molar-refractivity contribution in [1.29, 1.82) is 0 Å². The van der Waals surface area contributed by atoms with Crippen LogP contribution in [0.5, 0.6) is 5.75 Å². The second-order valence-corrected chi connectivity index (χ2v) is 3.71. The lowest BCUT2D eigenvalue weighted by atomic mass is 10.2. The fourth-order valence-electron chi connectivity index (χ4n) is 1.53. The molecule has 1 aliphatic rings. The first-order chi connectivity index (χ1) is 7.09. The number of Topliss-reactive ketones (excluding diaryl/α,β-unsaturated/α-hetero) is 1. The lowest BCUT2D eigenvalue weighted by Crippen LogP contribution is -2.24. The standard InChI is InChI=1S/C10H8ClNO3/c11-7-2-1-3-8(10(7)15)12-5-6(13)4-9(12)14/h1-3,15H,4-5H2. The molecule has 1 amide bonds. The van der Waals surface area contributed by atoms with Crippen molar-refractivity contribution in [2.24, 2.45) is 0 Å². The van der Waals surface area contributed by atoms with E-state index in [4.69, 9.17) is 11.6 Å². The van der Waals surface area contributed by atoms with Gasteiger partial charge in [0.1, 0.15) is 0 Å². The van der Waals surface area contributed by atoms with E-state index in [1.165, 1.54) is 11.0 Å². The van der Waals surface area contributed by atoms with Gasteiger partial charge in [-0.2, -0.15) is 0 Å². The van der Waals surface area contributed by atoms with Gasteiger partial charge < -0.3 is 10.0 Å². The van der Waals surface area contributed by atoms with E-state index in [0.29, 0.717) is 5.69 Å². The molecule has 1 aromatic carbocycles. The fraction of sp³-hybridized carbons (Fsp3) is 0.200. The zero-order valence-corrected chi connectivity index (χ0v) is 8.49. The first-order valence-electron chi connectivity index (χ1n) is 4.39. The molecule has 5 heteroatoms. The van der Waals surface area contributed by atoms with Crippen LogP contribution in [0.25, 0.3) is 0 Å². The molecule has 78 valence electrons. The smallest absolute Gasteiger partial charge is 0.235 e. The molecule has 1 saturated heterocycles. The highest BCUT2D eigenvalue weighted by Crippen LogP contribution is 2.35. The Morgan fingerprint density at radius 2 is 2.07 bits per heavy atom. The molecule has 4 nitrogen and oxygen atoms in total. The summed E-state index contributed by atoms with van der Waals surface area (Å²) in [6.45, 7) is 0.00668. The number of carbonyl (C=O) groups excluding carboxylic acids is 2. The Labute approximate surface area is 91.1 Å². The largest absolute Gasteiger partial charge is 0.504 e. The molecule has 1 heterocycles. The number of aromatic hydroxyl groups is 1. The number of phenolic OH excluding ortho intramolecular Hbond substituents is 1. The van der Waals surface area contributed by atoms with Crippen molar-refractivity contribution in [1.82, 2.24) is 0 Å². The van der Waals surface area contributed by atoms with E-state index in [-0.39, 0.29) is 35.4 Å². The van der Waals surface area contributed by atoms with E-state index >= 15 is 0 Å². The van der Waals surface area contributed by atoms with Gasteiger partial charge in [-0.1, -0.05) is 17.7 Å². The first-order valence-corrected chi connectivity index (χ1v) is 4.77. The average molecular weight is 226 g/mol. The van der Waals surface area contributed by atoms with Gasteiger partial charge in [0.05, 0.1) is 23.7 Å². The molecule has 0 spiro atoms. The Hall–Kier alpha value is -1.55. The van der Waals surface area contributed by atoms with E-state index in [1.807, 2.05) is 0 Å². The van der Waals surface area contributed by atoms with Gasteiger partial charge in [-0.05, 0) is 12.1 Å². The number of halogens is 1. The number of phenols is 1.